The van der Waals surface area contributed by atoms with Gasteiger partial charge in [0.2, 0.25) is 5.91 Å². The summed E-state index contributed by atoms with van der Waals surface area (Å²) >= 11 is 0. The Kier molecular flexibility index (Phi) is 3.09. The Morgan fingerprint density at radius 1 is 1.37 bits per heavy atom. The first kappa shape index (κ1) is 12.7. The topological polar surface area (TPSA) is 32.3 Å². The van der Waals surface area contributed by atoms with Gasteiger partial charge in [-0.2, -0.15) is 0 Å². The van der Waals surface area contributed by atoms with E-state index in [2.05, 4.69) is 36.5 Å². The van der Waals surface area contributed by atoms with Crippen LogP contribution in [-0.2, 0) is 4.79 Å². The Bertz CT molecular complexity index is 491. The number of amides is 1. The van der Waals surface area contributed by atoms with E-state index in [4.69, 9.17) is 0 Å². The molecule has 3 nitrogen and oxygen atoms in total. The van der Waals surface area contributed by atoms with Crippen molar-refractivity contribution in [2.45, 2.75) is 25.7 Å². The van der Waals surface area contributed by atoms with Gasteiger partial charge in [-0.15, -0.1) is 0 Å². The van der Waals surface area contributed by atoms with Gasteiger partial charge in [-0.1, -0.05) is 24.3 Å². The molecular formula is C16H22N2O. The van der Waals surface area contributed by atoms with Crippen molar-refractivity contribution in [2.24, 2.45) is 5.41 Å². The number of nitrogens with one attached hydrogen (secondary N) is 1. The summed E-state index contributed by atoms with van der Waals surface area (Å²) in [5, 5.41) is 3.44. The Labute approximate surface area is 115 Å². The highest BCUT2D eigenvalue weighted by Gasteiger charge is 2.53. The van der Waals surface area contributed by atoms with Gasteiger partial charge in [0, 0.05) is 26.1 Å². The second-order valence-electron chi connectivity index (χ2n) is 6.03. The minimum atomic E-state index is -0.209. The standard InChI is InChI=1S/C16H22N2O/c1-12-6-3-4-7-13(12)14-10-18(2)15(19)16(14)8-5-9-17-11-16/h3-4,6-7,14,17H,5,8-11H2,1-2H3. The minimum Gasteiger partial charge on any atom is -0.345 e. The predicted octanol–water partition coefficient (Wildman–Crippen LogP) is 1.92. The van der Waals surface area contributed by atoms with Gasteiger partial charge in [-0.05, 0) is 37.4 Å². The summed E-state index contributed by atoms with van der Waals surface area (Å²) < 4.78 is 0. The molecule has 2 saturated heterocycles. The highest BCUT2D eigenvalue weighted by Crippen LogP contribution is 2.48. The lowest BCUT2D eigenvalue weighted by atomic mass is 9.69. The summed E-state index contributed by atoms with van der Waals surface area (Å²) in [5.41, 5.74) is 2.45. The van der Waals surface area contributed by atoms with E-state index in [0.717, 1.165) is 32.5 Å². The molecular weight excluding hydrogens is 236 g/mol. The fourth-order valence-electron chi connectivity index (χ4n) is 3.84. The number of hydrogen-bond donors (Lipinski definition) is 1. The van der Waals surface area contributed by atoms with Crippen LogP contribution >= 0.6 is 0 Å². The first-order valence-electron chi connectivity index (χ1n) is 7.17. The summed E-state index contributed by atoms with van der Waals surface area (Å²) in [6, 6.07) is 8.52. The fourth-order valence-corrected chi connectivity index (χ4v) is 3.84. The van der Waals surface area contributed by atoms with Gasteiger partial charge in [-0.25, -0.2) is 0 Å². The van der Waals surface area contributed by atoms with Crippen molar-refractivity contribution in [3.8, 4) is 0 Å². The fraction of sp³-hybridized carbons (Fsp3) is 0.562. The van der Waals surface area contributed by atoms with E-state index in [0.29, 0.717) is 11.8 Å². The van der Waals surface area contributed by atoms with Crippen LogP contribution in [0.15, 0.2) is 24.3 Å². The summed E-state index contributed by atoms with van der Waals surface area (Å²) in [4.78, 5) is 14.6. The molecule has 2 aliphatic heterocycles. The first-order valence-corrected chi connectivity index (χ1v) is 7.17. The summed E-state index contributed by atoms with van der Waals surface area (Å²) in [5.74, 6) is 0.659. The molecule has 2 aliphatic rings. The molecule has 0 aromatic heterocycles. The van der Waals surface area contributed by atoms with Crippen LogP contribution in [-0.4, -0.2) is 37.5 Å². The van der Waals surface area contributed by atoms with Gasteiger partial charge in [0.1, 0.15) is 0 Å². The van der Waals surface area contributed by atoms with E-state index in [9.17, 15) is 4.79 Å². The van der Waals surface area contributed by atoms with Crippen molar-refractivity contribution in [1.29, 1.82) is 0 Å². The number of piperidine rings is 1. The number of hydrogen-bond acceptors (Lipinski definition) is 2. The van der Waals surface area contributed by atoms with Crippen molar-refractivity contribution in [3.63, 3.8) is 0 Å². The number of aryl methyl sites for hydroxylation is 1. The Hall–Kier alpha value is -1.35. The lowest BCUT2D eigenvalue weighted by Crippen LogP contribution is -2.47. The average molecular weight is 258 g/mol. The zero-order chi connectivity index (χ0) is 13.5. The molecule has 102 valence electrons. The maximum absolute atomic E-state index is 12.7. The summed E-state index contributed by atoms with van der Waals surface area (Å²) in [6.07, 6.45) is 2.12. The monoisotopic (exact) mass is 258 g/mol. The van der Waals surface area contributed by atoms with Crippen LogP contribution in [0, 0.1) is 12.3 Å². The summed E-state index contributed by atoms with van der Waals surface area (Å²) in [6.45, 7) is 4.88. The van der Waals surface area contributed by atoms with Crippen molar-refractivity contribution < 1.29 is 4.79 Å². The zero-order valence-corrected chi connectivity index (χ0v) is 11.8. The van der Waals surface area contributed by atoms with E-state index in [1.54, 1.807) is 0 Å². The normalized spacial score (nSPS) is 31.2. The number of nitrogens with zero attached hydrogens (tertiary/aromatic N) is 1. The first-order chi connectivity index (χ1) is 9.15. The third-order valence-electron chi connectivity index (χ3n) is 4.88. The second-order valence-corrected chi connectivity index (χ2v) is 6.03. The lowest BCUT2D eigenvalue weighted by molar-refractivity contribution is -0.136. The molecule has 2 atom stereocenters. The largest absolute Gasteiger partial charge is 0.345 e. The number of likely N-dealkylation sites (N-methyl/N-ethyl adjacent to an activating group) is 1. The highest BCUT2D eigenvalue weighted by molar-refractivity contribution is 5.87. The van der Waals surface area contributed by atoms with Crippen LogP contribution in [0.4, 0.5) is 0 Å². The van der Waals surface area contributed by atoms with E-state index in [1.165, 1.54) is 11.1 Å². The van der Waals surface area contributed by atoms with Gasteiger partial charge in [0.25, 0.3) is 0 Å². The highest BCUT2D eigenvalue weighted by atomic mass is 16.2. The summed E-state index contributed by atoms with van der Waals surface area (Å²) in [7, 11) is 1.94. The van der Waals surface area contributed by atoms with Crippen LogP contribution in [0.1, 0.15) is 29.9 Å². The molecule has 0 aliphatic carbocycles. The van der Waals surface area contributed by atoms with Crippen molar-refractivity contribution in [1.82, 2.24) is 10.2 Å². The third kappa shape index (κ3) is 1.88. The van der Waals surface area contributed by atoms with Gasteiger partial charge in [0.05, 0.1) is 5.41 Å². The van der Waals surface area contributed by atoms with E-state index < -0.39 is 0 Å². The third-order valence-corrected chi connectivity index (χ3v) is 4.88. The molecule has 2 heterocycles. The SMILES string of the molecule is Cc1ccccc1C1CN(C)C(=O)C12CCCNC2. The van der Waals surface area contributed by atoms with E-state index in [-0.39, 0.29) is 5.41 Å². The minimum absolute atomic E-state index is 0.209. The maximum atomic E-state index is 12.7. The number of carbonyl (C=O) groups is 1. The second kappa shape index (κ2) is 4.64. The number of carbonyl (C=O) groups excluding carboxylic acids is 1. The quantitative estimate of drug-likeness (QED) is 0.834. The van der Waals surface area contributed by atoms with Crippen molar-refractivity contribution in [3.05, 3.63) is 35.4 Å². The molecule has 0 radical (unpaired) electrons. The van der Waals surface area contributed by atoms with Crippen LogP contribution < -0.4 is 5.32 Å². The van der Waals surface area contributed by atoms with Crippen molar-refractivity contribution >= 4 is 5.91 Å². The Morgan fingerprint density at radius 2 is 2.16 bits per heavy atom. The molecule has 0 saturated carbocycles. The molecule has 1 aromatic rings. The van der Waals surface area contributed by atoms with Gasteiger partial charge in [-0.3, -0.25) is 4.79 Å². The van der Waals surface area contributed by atoms with E-state index >= 15 is 0 Å². The molecule has 2 unspecified atom stereocenters. The molecule has 1 aromatic carbocycles. The maximum Gasteiger partial charge on any atom is 0.230 e. The Morgan fingerprint density at radius 3 is 2.84 bits per heavy atom. The number of likely N-dealkylation sites (tertiary alicyclic amines) is 1. The predicted molar refractivity (Wildman–Crippen MR) is 76.1 cm³/mol. The average Bonchev–Trinajstić information content (AvgIpc) is 2.66. The number of benzene rings is 1. The smallest absolute Gasteiger partial charge is 0.230 e. The zero-order valence-electron chi connectivity index (χ0n) is 11.8. The van der Waals surface area contributed by atoms with Crippen molar-refractivity contribution in [2.75, 3.05) is 26.7 Å². The molecule has 1 N–H and O–H groups in total. The van der Waals surface area contributed by atoms with Crippen LogP contribution in [0.5, 0.6) is 0 Å². The van der Waals surface area contributed by atoms with Gasteiger partial charge in [0.15, 0.2) is 0 Å². The molecule has 19 heavy (non-hydrogen) atoms. The molecule has 2 fully saturated rings. The molecule has 1 amide bonds. The lowest BCUT2D eigenvalue weighted by Gasteiger charge is -2.37. The van der Waals surface area contributed by atoms with E-state index in [1.807, 2.05) is 11.9 Å². The van der Waals surface area contributed by atoms with Crippen LogP contribution in [0.3, 0.4) is 0 Å². The van der Waals surface area contributed by atoms with Gasteiger partial charge >= 0.3 is 0 Å². The Balaban J connectivity index is 2.04. The molecule has 3 rings (SSSR count). The van der Waals surface area contributed by atoms with Crippen LogP contribution in [0.2, 0.25) is 0 Å². The van der Waals surface area contributed by atoms with Gasteiger partial charge < -0.3 is 10.2 Å². The van der Waals surface area contributed by atoms with Crippen LogP contribution in [0.25, 0.3) is 0 Å². The molecule has 1 spiro atoms. The number of rotatable bonds is 1. The molecule has 3 heteroatoms. The molecule has 0 bridgehead atoms.